The molecular formula is C11H13F2N3O3S. The van der Waals surface area contributed by atoms with Crippen LogP contribution in [-0.2, 0) is 14.8 Å². The molecule has 0 aromatic heterocycles. The van der Waals surface area contributed by atoms with Gasteiger partial charge in [-0.25, -0.2) is 17.2 Å². The number of nitrogens with two attached hydrogens (primary N) is 1. The monoisotopic (exact) mass is 305 g/mol. The average molecular weight is 305 g/mol. The highest BCUT2D eigenvalue weighted by Crippen LogP contribution is 2.26. The molecule has 2 rings (SSSR count). The van der Waals surface area contributed by atoms with Crippen molar-refractivity contribution in [3.63, 3.8) is 0 Å². The Kier molecular flexibility index (Phi) is 3.65. The van der Waals surface area contributed by atoms with Gasteiger partial charge < -0.3 is 11.1 Å². The second-order valence-electron chi connectivity index (χ2n) is 4.40. The van der Waals surface area contributed by atoms with Crippen LogP contribution in [0.5, 0.6) is 0 Å². The summed E-state index contributed by atoms with van der Waals surface area (Å²) >= 11 is 0. The van der Waals surface area contributed by atoms with E-state index in [2.05, 4.69) is 5.32 Å². The zero-order valence-electron chi connectivity index (χ0n) is 10.6. The summed E-state index contributed by atoms with van der Waals surface area (Å²) in [6.07, 6.45) is 0. The number of hydrogen-bond donors (Lipinski definition) is 2. The van der Waals surface area contributed by atoms with Crippen LogP contribution in [0.4, 0.5) is 14.5 Å². The number of halogens is 2. The summed E-state index contributed by atoms with van der Waals surface area (Å²) in [6.45, 7) is 1.45. The fraction of sp³-hybridized carbons (Fsp3) is 0.364. The number of carbonyl (C=O) groups is 1. The highest BCUT2D eigenvalue weighted by Gasteiger charge is 2.37. The Balaban J connectivity index is 2.53. The minimum atomic E-state index is -4.34. The van der Waals surface area contributed by atoms with E-state index >= 15 is 0 Å². The lowest BCUT2D eigenvalue weighted by Crippen LogP contribution is -2.55. The zero-order valence-corrected chi connectivity index (χ0v) is 11.4. The third-order valence-corrected chi connectivity index (χ3v) is 5.02. The fourth-order valence-electron chi connectivity index (χ4n) is 1.99. The molecule has 0 saturated carbocycles. The molecule has 1 aromatic carbocycles. The smallest absolute Gasteiger partial charge is 0.246 e. The van der Waals surface area contributed by atoms with E-state index in [0.29, 0.717) is 6.07 Å². The summed E-state index contributed by atoms with van der Waals surface area (Å²) in [6, 6.07) is 0.533. The molecule has 1 amide bonds. The minimum Gasteiger partial charge on any atom is -0.399 e. The number of piperazine rings is 1. The molecule has 6 nitrogen and oxygen atoms in total. The lowest BCUT2D eigenvalue weighted by Gasteiger charge is -2.31. The summed E-state index contributed by atoms with van der Waals surface area (Å²) in [4.78, 5) is 10.6. The Labute approximate surface area is 114 Å². The molecule has 0 bridgehead atoms. The quantitative estimate of drug-likeness (QED) is 0.756. The number of sulfonamides is 1. The number of nitrogens with one attached hydrogen (secondary N) is 1. The molecule has 0 aliphatic carbocycles. The van der Waals surface area contributed by atoms with Gasteiger partial charge in [0.05, 0.1) is 0 Å². The van der Waals surface area contributed by atoms with E-state index in [0.717, 1.165) is 10.4 Å². The van der Waals surface area contributed by atoms with Gasteiger partial charge in [0.25, 0.3) is 0 Å². The maximum Gasteiger partial charge on any atom is 0.246 e. The average Bonchev–Trinajstić information content (AvgIpc) is 2.36. The van der Waals surface area contributed by atoms with E-state index < -0.39 is 38.5 Å². The molecule has 9 heteroatoms. The lowest BCUT2D eigenvalue weighted by atomic mass is 10.2. The standard InChI is InChI=1S/C11H13F2N3O3S/c1-6-11(17)15-2-3-16(6)20(18,19)9-5-7(14)4-8(12)10(9)13/h4-6H,2-3,14H2,1H3,(H,15,17). The molecule has 1 saturated heterocycles. The Bertz CT molecular complexity index is 663. The first-order valence-corrected chi connectivity index (χ1v) is 7.23. The summed E-state index contributed by atoms with van der Waals surface area (Å²) in [5.41, 5.74) is 5.14. The van der Waals surface area contributed by atoms with Crippen molar-refractivity contribution >= 4 is 21.6 Å². The fourth-order valence-corrected chi connectivity index (χ4v) is 3.69. The van der Waals surface area contributed by atoms with Gasteiger partial charge in [0.2, 0.25) is 15.9 Å². The van der Waals surface area contributed by atoms with Gasteiger partial charge in [-0.2, -0.15) is 4.31 Å². The third-order valence-electron chi connectivity index (χ3n) is 3.05. The van der Waals surface area contributed by atoms with Crippen molar-refractivity contribution in [2.45, 2.75) is 17.9 Å². The molecule has 0 spiro atoms. The van der Waals surface area contributed by atoms with Gasteiger partial charge in [-0.15, -0.1) is 0 Å². The van der Waals surface area contributed by atoms with Gasteiger partial charge in [0.1, 0.15) is 10.9 Å². The first kappa shape index (κ1) is 14.7. The third kappa shape index (κ3) is 2.34. The van der Waals surface area contributed by atoms with Gasteiger partial charge >= 0.3 is 0 Å². The molecule has 1 aliphatic rings. The van der Waals surface area contributed by atoms with E-state index in [-0.39, 0.29) is 18.8 Å². The van der Waals surface area contributed by atoms with Crippen LogP contribution in [0.25, 0.3) is 0 Å². The van der Waals surface area contributed by atoms with Crippen molar-refractivity contribution in [1.29, 1.82) is 0 Å². The van der Waals surface area contributed by atoms with Crippen LogP contribution in [0, 0.1) is 11.6 Å². The molecule has 3 N–H and O–H groups in total. The summed E-state index contributed by atoms with van der Waals surface area (Å²) in [5, 5.41) is 2.49. The topological polar surface area (TPSA) is 92.5 Å². The first-order valence-electron chi connectivity index (χ1n) is 5.79. The maximum absolute atomic E-state index is 13.7. The summed E-state index contributed by atoms with van der Waals surface area (Å²) in [5.74, 6) is -3.35. The van der Waals surface area contributed by atoms with Crippen LogP contribution in [0.3, 0.4) is 0 Å². The minimum absolute atomic E-state index is 0.0227. The number of anilines is 1. The van der Waals surface area contributed by atoms with Crippen LogP contribution in [0.1, 0.15) is 6.92 Å². The molecule has 1 heterocycles. The molecule has 1 fully saturated rings. The molecular weight excluding hydrogens is 292 g/mol. The molecule has 1 unspecified atom stereocenters. The number of nitrogens with zero attached hydrogens (tertiary/aromatic N) is 1. The van der Waals surface area contributed by atoms with Crippen LogP contribution < -0.4 is 11.1 Å². The number of nitrogen functional groups attached to an aromatic ring is 1. The first-order chi connectivity index (χ1) is 9.25. The largest absolute Gasteiger partial charge is 0.399 e. The Morgan fingerprint density at radius 3 is 2.70 bits per heavy atom. The SMILES string of the molecule is CC1C(=O)NCCN1S(=O)(=O)c1cc(N)cc(F)c1F. The van der Waals surface area contributed by atoms with Crippen molar-refractivity contribution in [3.8, 4) is 0 Å². The van der Waals surface area contributed by atoms with Crippen molar-refractivity contribution in [2.75, 3.05) is 18.8 Å². The highest BCUT2D eigenvalue weighted by atomic mass is 32.2. The predicted octanol–water partition coefficient (Wildman–Crippen LogP) is 0.0560. The number of hydrogen-bond acceptors (Lipinski definition) is 4. The van der Waals surface area contributed by atoms with Crippen molar-refractivity contribution in [3.05, 3.63) is 23.8 Å². The predicted molar refractivity (Wildman–Crippen MR) is 67.1 cm³/mol. The number of rotatable bonds is 2. The summed E-state index contributed by atoms with van der Waals surface area (Å²) < 4.78 is 52.5. The van der Waals surface area contributed by atoms with E-state index in [1.165, 1.54) is 6.92 Å². The highest BCUT2D eigenvalue weighted by molar-refractivity contribution is 7.89. The van der Waals surface area contributed by atoms with Gasteiger partial charge in [-0.1, -0.05) is 0 Å². The van der Waals surface area contributed by atoms with Crippen LogP contribution in [-0.4, -0.2) is 37.8 Å². The normalized spacial score (nSPS) is 20.8. The second kappa shape index (κ2) is 4.98. The Hall–Kier alpha value is -1.74. The van der Waals surface area contributed by atoms with Crippen molar-refractivity contribution < 1.29 is 22.0 Å². The zero-order chi connectivity index (χ0) is 15.1. The Morgan fingerprint density at radius 1 is 1.40 bits per heavy atom. The molecule has 1 atom stereocenters. The molecule has 1 aromatic rings. The van der Waals surface area contributed by atoms with Gasteiger partial charge in [0.15, 0.2) is 11.6 Å². The number of carbonyl (C=O) groups excluding carboxylic acids is 1. The molecule has 0 radical (unpaired) electrons. The maximum atomic E-state index is 13.7. The second-order valence-corrected chi connectivity index (χ2v) is 6.26. The van der Waals surface area contributed by atoms with Gasteiger partial charge in [-0.3, -0.25) is 4.79 Å². The number of amides is 1. The van der Waals surface area contributed by atoms with Crippen molar-refractivity contribution in [1.82, 2.24) is 9.62 Å². The molecule has 20 heavy (non-hydrogen) atoms. The van der Waals surface area contributed by atoms with Crippen molar-refractivity contribution in [2.24, 2.45) is 0 Å². The number of benzene rings is 1. The molecule has 1 aliphatic heterocycles. The van der Waals surface area contributed by atoms with E-state index in [9.17, 15) is 22.0 Å². The van der Waals surface area contributed by atoms with E-state index in [1.807, 2.05) is 0 Å². The van der Waals surface area contributed by atoms with E-state index in [1.54, 1.807) is 0 Å². The Morgan fingerprint density at radius 2 is 2.05 bits per heavy atom. The summed E-state index contributed by atoms with van der Waals surface area (Å²) in [7, 11) is -4.34. The van der Waals surface area contributed by atoms with Gasteiger partial charge in [-0.05, 0) is 19.1 Å². The van der Waals surface area contributed by atoms with Gasteiger partial charge in [0, 0.05) is 18.8 Å². The van der Waals surface area contributed by atoms with Crippen LogP contribution in [0.2, 0.25) is 0 Å². The lowest BCUT2D eigenvalue weighted by molar-refractivity contribution is -0.126. The van der Waals surface area contributed by atoms with Crippen LogP contribution in [0.15, 0.2) is 17.0 Å². The molecule has 110 valence electrons. The van der Waals surface area contributed by atoms with Crippen LogP contribution >= 0.6 is 0 Å². The van der Waals surface area contributed by atoms with E-state index in [4.69, 9.17) is 5.73 Å².